The van der Waals surface area contributed by atoms with Crippen molar-refractivity contribution in [3.63, 3.8) is 0 Å². The van der Waals surface area contributed by atoms with Gasteiger partial charge in [0.25, 0.3) is 0 Å². The number of hydrogen-bond donors (Lipinski definition) is 1. The number of ether oxygens (including phenoxy) is 1. The van der Waals surface area contributed by atoms with Crippen LogP contribution in [0.15, 0.2) is 18.3 Å². The van der Waals surface area contributed by atoms with E-state index >= 15 is 0 Å². The Kier molecular flexibility index (Phi) is 3.52. The van der Waals surface area contributed by atoms with Gasteiger partial charge in [-0.1, -0.05) is 0 Å². The largest absolute Gasteiger partial charge is 0.393 e. The molecule has 2 heterocycles. The summed E-state index contributed by atoms with van der Waals surface area (Å²) in [5.74, 6) is 0. The molecular formula is C14H21N3O2. The highest BCUT2D eigenvalue weighted by Gasteiger charge is 2.50. The fourth-order valence-corrected chi connectivity index (χ4v) is 3.59. The highest BCUT2D eigenvalue weighted by Crippen LogP contribution is 2.42. The number of methoxy groups -OCH3 is 1. The van der Waals surface area contributed by atoms with Crippen molar-refractivity contribution in [1.29, 1.82) is 0 Å². The lowest BCUT2D eigenvalue weighted by molar-refractivity contribution is -0.0880. The van der Waals surface area contributed by atoms with Crippen LogP contribution in [0.2, 0.25) is 0 Å². The Morgan fingerprint density at radius 1 is 1.53 bits per heavy atom. The minimum Gasteiger partial charge on any atom is -0.393 e. The lowest BCUT2D eigenvalue weighted by Gasteiger charge is -2.42. The van der Waals surface area contributed by atoms with Crippen molar-refractivity contribution in [2.75, 3.05) is 13.7 Å². The second-order valence-corrected chi connectivity index (χ2v) is 5.65. The third kappa shape index (κ3) is 2.38. The fourth-order valence-electron chi connectivity index (χ4n) is 3.59. The van der Waals surface area contributed by atoms with Gasteiger partial charge in [0.1, 0.15) is 0 Å². The Hall–Kier alpha value is -1.04. The summed E-state index contributed by atoms with van der Waals surface area (Å²) in [6, 6.07) is 4.21. The standard InChI is InChI=1S/C14H21N3O2/c1-19-14-5-4-12(18)9-13(14)17(8-6-14)10-11-3-2-7-15-16-11/h2-3,7,12-13,18H,4-6,8-10H2,1H3/t12-,13+,14-/m1/s1. The average Bonchev–Trinajstić information content (AvgIpc) is 2.79. The molecule has 5 nitrogen and oxygen atoms in total. The van der Waals surface area contributed by atoms with Crippen LogP contribution in [0.1, 0.15) is 31.4 Å². The molecule has 1 aliphatic carbocycles. The van der Waals surface area contributed by atoms with E-state index in [1.54, 1.807) is 13.3 Å². The number of aliphatic hydroxyl groups is 1. The molecule has 0 radical (unpaired) electrons. The van der Waals surface area contributed by atoms with Gasteiger partial charge in [-0.05, 0) is 37.8 Å². The summed E-state index contributed by atoms with van der Waals surface area (Å²) in [6.45, 7) is 1.79. The van der Waals surface area contributed by atoms with Gasteiger partial charge in [0.05, 0.1) is 17.4 Å². The summed E-state index contributed by atoms with van der Waals surface area (Å²) >= 11 is 0. The third-order valence-corrected chi connectivity index (χ3v) is 4.67. The first kappa shape index (κ1) is 13.0. The molecule has 104 valence electrons. The van der Waals surface area contributed by atoms with Crippen molar-refractivity contribution in [1.82, 2.24) is 15.1 Å². The molecule has 1 aromatic heterocycles. The van der Waals surface area contributed by atoms with E-state index < -0.39 is 0 Å². The molecule has 3 atom stereocenters. The predicted octanol–water partition coefficient (Wildman–Crippen LogP) is 0.981. The lowest BCUT2D eigenvalue weighted by Crippen LogP contribution is -2.51. The SMILES string of the molecule is CO[C@@]12CC[C@@H](O)C[C@@H]1N(Cc1cccnn1)CC2. The molecule has 1 aliphatic heterocycles. The molecule has 3 rings (SSSR count). The first-order valence-electron chi connectivity index (χ1n) is 6.97. The second kappa shape index (κ2) is 5.15. The van der Waals surface area contributed by atoms with Crippen LogP contribution >= 0.6 is 0 Å². The van der Waals surface area contributed by atoms with Crippen molar-refractivity contribution in [2.24, 2.45) is 0 Å². The average molecular weight is 263 g/mol. The molecule has 1 saturated heterocycles. The summed E-state index contributed by atoms with van der Waals surface area (Å²) in [4.78, 5) is 2.38. The first-order valence-corrected chi connectivity index (χ1v) is 6.97. The van der Waals surface area contributed by atoms with Gasteiger partial charge < -0.3 is 9.84 Å². The van der Waals surface area contributed by atoms with Crippen molar-refractivity contribution in [2.45, 2.75) is 50.0 Å². The molecule has 1 aromatic rings. The first-order chi connectivity index (χ1) is 9.23. The van der Waals surface area contributed by atoms with E-state index in [0.29, 0.717) is 6.04 Å². The zero-order valence-electron chi connectivity index (χ0n) is 11.3. The fraction of sp³-hybridized carbons (Fsp3) is 0.714. The van der Waals surface area contributed by atoms with Gasteiger partial charge in [-0.25, -0.2) is 0 Å². The van der Waals surface area contributed by atoms with Crippen LogP contribution in [-0.2, 0) is 11.3 Å². The van der Waals surface area contributed by atoms with Gasteiger partial charge in [0.2, 0.25) is 0 Å². The number of likely N-dealkylation sites (tertiary alicyclic amines) is 1. The van der Waals surface area contributed by atoms with Crippen LogP contribution in [0.25, 0.3) is 0 Å². The van der Waals surface area contributed by atoms with Crippen LogP contribution in [0.5, 0.6) is 0 Å². The summed E-state index contributed by atoms with van der Waals surface area (Å²) in [6.07, 6.45) is 5.14. The molecule has 2 fully saturated rings. The number of hydrogen-bond acceptors (Lipinski definition) is 5. The molecule has 19 heavy (non-hydrogen) atoms. The zero-order valence-corrected chi connectivity index (χ0v) is 11.3. The number of rotatable bonds is 3. The Bertz CT molecular complexity index is 428. The Balaban J connectivity index is 1.76. The monoisotopic (exact) mass is 263 g/mol. The molecule has 1 N–H and O–H groups in total. The van der Waals surface area contributed by atoms with Gasteiger partial charge in [-0.15, -0.1) is 0 Å². The van der Waals surface area contributed by atoms with Crippen LogP contribution in [0.3, 0.4) is 0 Å². The van der Waals surface area contributed by atoms with E-state index in [9.17, 15) is 5.11 Å². The lowest BCUT2D eigenvalue weighted by atomic mass is 9.79. The summed E-state index contributed by atoms with van der Waals surface area (Å²) in [7, 11) is 1.80. The maximum Gasteiger partial charge on any atom is 0.0847 e. The molecular weight excluding hydrogens is 242 g/mol. The third-order valence-electron chi connectivity index (χ3n) is 4.67. The smallest absolute Gasteiger partial charge is 0.0847 e. The van der Waals surface area contributed by atoms with E-state index in [1.807, 2.05) is 12.1 Å². The number of nitrogens with zero attached hydrogens (tertiary/aromatic N) is 3. The molecule has 0 spiro atoms. The van der Waals surface area contributed by atoms with E-state index in [-0.39, 0.29) is 11.7 Å². The minimum atomic E-state index is -0.198. The maximum atomic E-state index is 9.94. The number of aromatic nitrogens is 2. The van der Waals surface area contributed by atoms with Crippen molar-refractivity contribution in [3.8, 4) is 0 Å². The Labute approximate surface area is 113 Å². The van der Waals surface area contributed by atoms with Crippen molar-refractivity contribution in [3.05, 3.63) is 24.0 Å². The van der Waals surface area contributed by atoms with Gasteiger partial charge in [-0.3, -0.25) is 4.90 Å². The van der Waals surface area contributed by atoms with Crippen molar-refractivity contribution < 1.29 is 9.84 Å². The molecule has 2 aliphatic rings. The molecule has 0 unspecified atom stereocenters. The molecule has 0 bridgehead atoms. The molecule has 1 saturated carbocycles. The topological polar surface area (TPSA) is 58.5 Å². The summed E-state index contributed by atoms with van der Waals surface area (Å²) < 4.78 is 5.83. The quantitative estimate of drug-likeness (QED) is 0.881. The predicted molar refractivity (Wildman–Crippen MR) is 70.4 cm³/mol. The van der Waals surface area contributed by atoms with E-state index in [4.69, 9.17) is 4.74 Å². The molecule has 5 heteroatoms. The highest BCUT2D eigenvalue weighted by molar-refractivity contribution is 5.08. The van der Waals surface area contributed by atoms with Crippen LogP contribution in [0.4, 0.5) is 0 Å². The van der Waals surface area contributed by atoms with Crippen LogP contribution < -0.4 is 0 Å². The summed E-state index contributed by atoms with van der Waals surface area (Å²) in [5.41, 5.74) is 0.913. The Morgan fingerprint density at radius 2 is 2.42 bits per heavy atom. The van der Waals surface area contributed by atoms with Gasteiger partial charge in [0.15, 0.2) is 0 Å². The van der Waals surface area contributed by atoms with E-state index in [0.717, 1.165) is 44.5 Å². The normalized spacial score (nSPS) is 35.3. The number of fused-ring (bicyclic) bond motifs is 1. The van der Waals surface area contributed by atoms with Crippen molar-refractivity contribution >= 4 is 0 Å². The van der Waals surface area contributed by atoms with Gasteiger partial charge in [0, 0.05) is 32.4 Å². The van der Waals surface area contributed by atoms with Crippen LogP contribution in [0, 0.1) is 0 Å². The second-order valence-electron chi connectivity index (χ2n) is 5.65. The zero-order chi connectivity index (χ0) is 13.3. The van der Waals surface area contributed by atoms with Crippen LogP contribution in [-0.4, -0.2) is 51.6 Å². The van der Waals surface area contributed by atoms with Gasteiger partial charge >= 0.3 is 0 Å². The maximum absolute atomic E-state index is 9.94. The molecule has 0 amide bonds. The highest BCUT2D eigenvalue weighted by atomic mass is 16.5. The van der Waals surface area contributed by atoms with E-state index in [1.165, 1.54) is 0 Å². The number of aliphatic hydroxyl groups excluding tert-OH is 1. The van der Waals surface area contributed by atoms with E-state index in [2.05, 4.69) is 15.1 Å². The minimum absolute atomic E-state index is 0.0680. The van der Waals surface area contributed by atoms with Gasteiger partial charge in [-0.2, -0.15) is 10.2 Å². The Morgan fingerprint density at radius 3 is 3.16 bits per heavy atom. The summed E-state index contributed by atoms with van der Waals surface area (Å²) in [5, 5.41) is 18.0. The molecule has 0 aromatic carbocycles.